The van der Waals surface area contributed by atoms with Crippen molar-refractivity contribution >= 4 is 55.5 Å². The van der Waals surface area contributed by atoms with Crippen molar-refractivity contribution in [2.75, 3.05) is 43.6 Å². The average Bonchev–Trinajstić information content (AvgIpc) is 3.63. The number of carbonyl (C=O) groups excluding carboxylic acids is 1. The summed E-state index contributed by atoms with van der Waals surface area (Å²) < 4.78 is 7.00. The number of aromatic hydroxyl groups is 1. The van der Waals surface area contributed by atoms with Crippen LogP contribution in [0.2, 0.25) is 0 Å². The molecule has 0 radical (unpaired) electrons. The molecule has 6 nitrogen and oxygen atoms in total. The lowest BCUT2D eigenvalue weighted by atomic mass is 10.0. The fourth-order valence-electron chi connectivity index (χ4n) is 5.41. The van der Waals surface area contributed by atoms with E-state index in [1.165, 1.54) is 12.8 Å². The van der Waals surface area contributed by atoms with E-state index in [0.29, 0.717) is 24.7 Å². The van der Waals surface area contributed by atoms with Gasteiger partial charge >= 0.3 is 0 Å². The molecule has 2 aromatic carbocycles. The lowest BCUT2D eigenvalue weighted by Crippen LogP contribution is -2.30. The number of phenolic OH excluding ortho intramolecular Hbond substituents is 1. The minimum Gasteiger partial charge on any atom is -0.507 e. The number of carbonyl (C=O) groups is 1. The number of benzene rings is 2. The number of ether oxygens (including phenoxy) is 1. The number of fused-ring (bicyclic) bond motifs is 4. The number of nitrogens with one attached hydrogen (secondary N) is 1. The van der Waals surface area contributed by atoms with Gasteiger partial charge in [0.05, 0.1) is 5.69 Å². The Labute approximate surface area is 213 Å². The van der Waals surface area contributed by atoms with Crippen LogP contribution >= 0.6 is 22.9 Å². The van der Waals surface area contributed by atoms with Gasteiger partial charge in [0.25, 0.3) is 5.91 Å². The molecular formula is C27H28ClN3O3S. The second kappa shape index (κ2) is 9.04. The van der Waals surface area contributed by atoms with Crippen LogP contribution in [0, 0.1) is 6.92 Å². The van der Waals surface area contributed by atoms with Crippen molar-refractivity contribution in [1.82, 2.24) is 9.88 Å². The summed E-state index contributed by atoms with van der Waals surface area (Å²) in [6, 6.07) is 11.5. The Balaban J connectivity index is 1.26. The van der Waals surface area contributed by atoms with Gasteiger partial charge in [0.15, 0.2) is 0 Å². The normalized spacial score (nSPS) is 18.1. The number of amides is 1. The molecule has 0 spiro atoms. The van der Waals surface area contributed by atoms with Gasteiger partial charge < -0.3 is 19.7 Å². The van der Waals surface area contributed by atoms with E-state index in [-0.39, 0.29) is 17.6 Å². The number of nitrogens with zero attached hydrogens (tertiary/aromatic N) is 2. The number of anilines is 1. The van der Waals surface area contributed by atoms with E-state index in [4.69, 9.17) is 16.3 Å². The van der Waals surface area contributed by atoms with Gasteiger partial charge in [-0.1, -0.05) is 0 Å². The Bertz CT molecular complexity index is 1420. The van der Waals surface area contributed by atoms with Crippen LogP contribution < -0.4 is 9.64 Å². The Kier molecular flexibility index (Phi) is 5.87. The number of hydrogen-bond acceptors (Lipinski definition) is 5. The molecule has 0 bridgehead atoms. The highest BCUT2D eigenvalue weighted by molar-refractivity contribution is 7.19. The van der Waals surface area contributed by atoms with Crippen molar-refractivity contribution in [3.05, 3.63) is 52.5 Å². The molecule has 182 valence electrons. The molecule has 1 fully saturated rings. The van der Waals surface area contributed by atoms with E-state index in [1.54, 1.807) is 22.3 Å². The van der Waals surface area contributed by atoms with Crippen LogP contribution in [0.1, 0.15) is 39.7 Å². The summed E-state index contributed by atoms with van der Waals surface area (Å²) in [7, 11) is 0. The number of alkyl halides is 1. The fraction of sp³-hybridized carbons (Fsp3) is 0.370. The van der Waals surface area contributed by atoms with Crippen molar-refractivity contribution in [3.8, 4) is 11.5 Å². The lowest BCUT2D eigenvalue weighted by Gasteiger charge is -2.17. The number of likely N-dealkylation sites (tertiary alicyclic amines) is 1. The van der Waals surface area contributed by atoms with Gasteiger partial charge in [-0.25, -0.2) is 0 Å². The monoisotopic (exact) mass is 509 g/mol. The summed E-state index contributed by atoms with van der Waals surface area (Å²) in [5.74, 6) is 1.32. The minimum absolute atomic E-state index is 0.0248. The molecule has 1 atom stereocenters. The van der Waals surface area contributed by atoms with E-state index in [2.05, 4.69) is 9.88 Å². The van der Waals surface area contributed by atoms with Gasteiger partial charge in [-0.05, 0) is 63.2 Å². The first-order valence-corrected chi connectivity index (χ1v) is 13.5. The van der Waals surface area contributed by atoms with Crippen molar-refractivity contribution in [2.45, 2.75) is 25.7 Å². The van der Waals surface area contributed by atoms with Crippen LogP contribution in [-0.2, 0) is 0 Å². The van der Waals surface area contributed by atoms with Crippen LogP contribution in [0.25, 0.3) is 21.0 Å². The maximum Gasteiger partial charge on any atom is 0.274 e. The van der Waals surface area contributed by atoms with Crippen LogP contribution in [0.15, 0.2) is 36.4 Å². The number of aryl methyl sites for hydroxylation is 1. The third-order valence-electron chi connectivity index (χ3n) is 7.16. The minimum atomic E-state index is -0.126. The van der Waals surface area contributed by atoms with Crippen molar-refractivity contribution in [3.63, 3.8) is 0 Å². The number of hydrogen-bond donors (Lipinski definition) is 2. The molecular weight excluding hydrogens is 482 g/mol. The summed E-state index contributed by atoms with van der Waals surface area (Å²) in [6.07, 6.45) is 2.55. The summed E-state index contributed by atoms with van der Waals surface area (Å²) in [5.41, 5.74) is 3.21. The Morgan fingerprint density at radius 3 is 2.86 bits per heavy atom. The Morgan fingerprint density at radius 1 is 1.23 bits per heavy atom. The van der Waals surface area contributed by atoms with E-state index in [9.17, 15) is 9.90 Å². The number of aromatic nitrogens is 1. The number of thiophene rings is 1. The second-order valence-electron chi connectivity index (χ2n) is 9.52. The van der Waals surface area contributed by atoms with E-state index in [1.807, 2.05) is 37.3 Å². The van der Waals surface area contributed by atoms with Crippen molar-refractivity contribution in [1.29, 1.82) is 0 Å². The van der Waals surface area contributed by atoms with E-state index >= 15 is 0 Å². The zero-order chi connectivity index (χ0) is 24.1. The molecule has 2 aliphatic heterocycles. The molecule has 6 rings (SSSR count). The first-order chi connectivity index (χ1) is 17.0. The molecule has 8 heteroatoms. The number of halogens is 1. The van der Waals surface area contributed by atoms with Gasteiger partial charge in [0.1, 0.15) is 23.8 Å². The van der Waals surface area contributed by atoms with Crippen molar-refractivity contribution in [2.24, 2.45) is 0 Å². The Hall–Kier alpha value is -2.74. The second-order valence-corrected chi connectivity index (χ2v) is 11.1. The van der Waals surface area contributed by atoms with Gasteiger partial charge in [-0.2, -0.15) is 0 Å². The fourth-order valence-corrected chi connectivity index (χ4v) is 6.82. The SMILES string of the molecule is Cc1cc2c(O)cc3c(c2s1)[C@@H](CCl)CN3C(=O)c1cc2cc(OCCN3CCCC3)ccc2[nH]1. The largest absolute Gasteiger partial charge is 0.507 e. The number of phenols is 1. The van der Waals surface area contributed by atoms with Gasteiger partial charge in [0, 0.05) is 62.4 Å². The summed E-state index contributed by atoms with van der Waals surface area (Å²) in [6.45, 7) is 6.43. The lowest BCUT2D eigenvalue weighted by molar-refractivity contribution is 0.0984. The molecule has 1 saturated heterocycles. The molecule has 1 amide bonds. The van der Waals surface area contributed by atoms with Crippen molar-refractivity contribution < 1.29 is 14.6 Å². The predicted octanol–water partition coefficient (Wildman–Crippen LogP) is 5.85. The van der Waals surface area contributed by atoms with E-state index in [0.717, 1.165) is 62.5 Å². The first-order valence-electron chi connectivity index (χ1n) is 12.1. The first kappa shape index (κ1) is 22.7. The van der Waals surface area contributed by atoms with Gasteiger partial charge in [-0.3, -0.25) is 9.69 Å². The molecule has 0 aliphatic carbocycles. The maximum absolute atomic E-state index is 13.6. The summed E-state index contributed by atoms with van der Waals surface area (Å²) >= 11 is 7.98. The zero-order valence-electron chi connectivity index (χ0n) is 19.6. The molecule has 2 N–H and O–H groups in total. The van der Waals surface area contributed by atoms with Gasteiger partial charge in [0.2, 0.25) is 0 Å². The molecule has 4 aromatic rings. The quantitative estimate of drug-likeness (QED) is 0.320. The smallest absolute Gasteiger partial charge is 0.274 e. The highest BCUT2D eigenvalue weighted by Gasteiger charge is 2.36. The average molecular weight is 510 g/mol. The number of aromatic amines is 1. The highest BCUT2D eigenvalue weighted by atomic mass is 35.5. The van der Waals surface area contributed by atoms with E-state index < -0.39 is 0 Å². The number of H-pyrrole nitrogens is 1. The predicted molar refractivity (Wildman–Crippen MR) is 143 cm³/mol. The Morgan fingerprint density at radius 2 is 2.06 bits per heavy atom. The standard InChI is InChI=1S/C27H28ClN3O3S/c1-16-10-20-24(32)13-23-25(26(20)35-16)18(14-28)15-31(23)27(33)22-12-17-11-19(4-5-21(17)29-22)34-9-8-30-6-2-3-7-30/h4-5,10-13,18,29,32H,2-3,6-9,14-15H2,1H3/t18-/m0/s1. The van der Waals surface area contributed by atoms with Crippen LogP contribution in [0.4, 0.5) is 5.69 Å². The van der Waals surface area contributed by atoms with Crippen LogP contribution in [0.3, 0.4) is 0 Å². The summed E-state index contributed by atoms with van der Waals surface area (Å²) in [5, 5.41) is 12.4. The highest BCUT2D eigenvalue weighted by Crippen LogP contribution is 2.48. The summed E-state index contributed by atoms with van der Waals surface area (Å²) in [4.78, 5) is 22.2. The topological polar surface area (TPSA) is 68.8 Å². The third kappa shape index (κ3) is 4.05. The molecule has 4 heterocycles. The molecule has 0 saturated carbocycles. The molecule has 0 unspecified atom stereocenters. The molecule has 2 aliphatic rings. The van der Waals surface area contributed by atoms with Crippen LogP contribution in [0.5, 0.6) is 11.5 Å². The number of rotatable bonds is 6. The maximum atomic E-state index is 13.6. The zero-order valence-corrected chi connectivity index (χ0v) is 21.2. The van der Waals surface area contributed by atoms with Gasteiger partial charge in [-0.15, -0.1) is 22.9 Å². The molecule has 35 heavy (non-hydrogen) atoms. The van der Waals surface area contributed by atoms with Crippen LogP contribution in [-0.4, -0.2) is 59.6 Å². The molecule has 2 aromatic heterocycles. The third-order valence-corrected chi connectivity index (χ3v) is 8.61.